The zero-order chi connectivity index (χ0) is 15.3. The normalized spacial score (nSPS) is 11.7. The quantitative estimate of drug-likeness (QED) is 0.762. The van der Waals surface area contributed by atoms with Crippen LogP contribution in [-0.2, 0) is 10.2 Å². The molecule has 0 heterocycles. The molecule has 1 aromatic carbocycles. The van der Waals surface area contributed by atoms with Crippen LogP contribution in [0.3, 0.4) is 0 Å². The number of rotatable bonds is 6. The molecule has 0 fully saturated rings. The molecular weight excluding hydrogens is 325 g/mol. The highest BCUT2D eigenvalue weighted by molar-refractivity contribution is 7.87. The van der Waals surface area contributed by atoms with Gasteiger partial charge in [0.25, 0.3) is 16.1 Å². The number of halogens is 2. The Hall–Kier alpha value is -0.860. The van der Waals surface area contributed by atoms with Crippen LogP contribution in [0.1, 0.15) is 10.4 Å². The average Bonchev–Trinajstić information content (AvgIpc) is 2.37. The van der Waals surface area contributed by atoms with Crippen molar-refractivity contribution >= 4 is 39.3 Å². The molecule has 0 saturated heterocycles. The summed E-state index contributed by atoms with van der Waals surface area (Å²) in [5, 5.41) is 3.23. The zero-order valence-corrected chi connectivity index (χ0v) is 13.3. The molecule has 9 heteroatoms. The molecule has 1 aromatic rings. The van der Waals surface area contributed by atoms with Gasteiger partial charge in [-0.05, 0) is 18.2 Å². The van der Waals surface area contributed by atoms with Gasteiger partial charge in [-0.2, -0.15) is 12.7 Å². The number of benzene rings is 1. The maximum atomic E-state index is 11.8. The fraction of sp³-hybridized carbons (Fsp3) is 0.364. The van der Waals surface area contributed by atoms with Crippen LogP contribution < -0.4 is 10.0 Å². The van der Waals surface area contributed by atoms with Crippen LogP contribution in [-0.4, -0.2) is 45.8 Å². The van der Waals surface area contributed by atoms with Gasteiger partial charge in [0.05, 0.1) is 10.6 Å². The maximum Gasteiger partial charge on any atom is 0.278 e. The van der Waals surface area contributed by atoms with Crippen LogP contribution in [0.5, 0.6) is 0 Å². The summed E-state index contributed by atoms with van der Waals surface area (Å²) in [5.74, 6) is -0.415. The van der Waals surface area contributed by atoms with Gasteiger partial charge in [-0.3, -0.25) is 4.79 Å². The van der Waals surface area contributed by atoms with Crippen molar-refractivity contribution in [2.24, 2.45) is 0 Å². The molecule has 0 atom stereocenters. The predicted molar refractivity (Wildman–Crippen MR) is 79.4 cm³/mol. The largest absolute Gasteiger partial charge is 0.351 e. The van der Waals surface area contributed by atoms with E-state index in [1.807, 2.05) is 0 Å². The van der Waals surface area contributed by atoms with E-state index in [9.17, 15) is 13.2 Å². The summed E-state index contributed by atoms with van der Waals surface area (Å²) in [4.78, 5) is 11.8. The lowest BCUT2D eigenvalue weighted by molar-refractivity contribution is 0.0954. The molecule has 0 radical (unpaired) electrons. The minimum atomic E-state index is -3.49. The molecule has 0 unspecified atom stereocenters. The van der Waals surface area contributed by atoms with Crippen LogP contribution in [0.15, 0.2) is 18.2 Å². The number of nitrogens with zero attached hydrogens (tertiary/aromatic N) is 1. The smallest absolute Gasteiger partial charge is 0.278 e. The van der Waals surface area contributed by atoms with Gasteiger partial charge in [0.1, 0.15) is 0 Å². The van der Waals surface area contributed by atoms with Crippen molar-refractivity contribution in [2.75, 3.05) is 27.2 Å². The Labute approximate surface area is 128 Å². The average molecular weight is 340 g/mol. The number of hydrogen-bond acceptors (Lipinski definition) is 3. The van der Waals surface area contributed by atoms with Gasteiger partial charge in [-0.15, -0.1) is 0 Å². The minimum absolute atomic E-state index is 0.0738. The van der Waals surface area contributed by atoms with Gasteiger partial charge in [-0.1, -0.05) is 23.2 Å². The Kier molecular flexibility index (Phi) is 6.22. The fourth-order valence-electron chi connectivity index (χ4n) is 1.25. The van der Waals surface area contributed by atoms with Crippen LogP contribution in [0.4, 0.5) is 0 Å². The summed E-state index contributed by atoms with van der Waals surface area (Å²) in [6.45, 7) is 0.208. The molecule has 0 aliphatic carbocycles. The number of amides is 1. The van der Waals surface area contributed by atoms with Gasteiger partial charge in [-0.25, -0.2) is 4.72 Å². The molecule has 0 spiro atoms. The molecule has 2 N–H and O–H groups in total. The van der Waals surface area contributed by atoms with Crippen molar-refractivity contribution < 1.29 is 13.2 Å². The van der Waals surface area contributed by atoms with Gasteiger partial charge < -0.3 is 5.32 Å². The Morgan fingerprint density at radius 3 is 2.50 bits per heavy atom. The van der Waals surface area contributed by atoms with E-state index in [-0.39, 0.29) is 23.7 Å². The van der Waals surface area contributed by atoms with E-state index in [4.69, 9.17) is 23.2 Å². The second-order valence-electron chi connectivity index (χ2n) is 4.06. The molecular formula is C11H15Cl2N3O3S. The first-order valence-corrected chi connectivity index (χ1v) is 7.84. The van der Waals surface area contributed by atoms with Crippen molar-refractivity contribution in [1.82, 2.24) is 14.3 Å². The monoisotopic (exact) mass is 339 g/mol. The third kappa shape index (κ3) is 4.92. The highest BCUT2D eigenvalue weighted by Crippen LogP contribution is 2.20. The van der Waals surface area contributed by atoms with Gasteiger partial charge in [0.15, 0.2) is 0 Å². The maximum absolute atomic E-state index is 11.8. The number of nitrogens with one attached hydrogen (secondary N) is 2. The third-order valence-corrected chi connectivity index (χ3v) is 4.44. The SMILES string of the molecule is CN(C)S(=O)(=O)NCCNC(=O)c1cc(Cl)ccc1Cl. The standard InChI is InChI=1S/C11H15Cl2N3O3S/c1-16(2)20(18,19)15-6-5-14-11(17)9-7-8(12)3-4-10(9)13/h3-4,7,15H,5-6H2,1-2H3,(H,14,17). The van der Waals surface area contributed by atoms with E-state index in [2.05, 4.69) is 10.0 Å². The molecule has 0 aliphatic heterocycles. The first-order valence-electron chi connectivity index (χ1n) is 5.64. The zero-order valence-electron chi connectivity index (χ0n) is 11.0. The lowest BCUT2D eigenvalue weighted by atomic mass is 10.2. The first kappa shape index (κ1) is 17.2. The fourth-order valence-corrected chi connectivity index (χ4v) is 2.25. The second-order valence-corrected chi connectivity index (χ2v) is 6.87. The summed E-state index contributed by atoms with van der Waals surface area (Å²) in [6, 6.07) is 4.54. The van der Waals surface area contributed by atoms with Crippen LogP contribution in [0.25, 0.3) is 0 Å². The van der Waals surface area contributed by atoms with E-state index in [1.165, 1.54) is 26.2 Å². The van der Waals surface area contributed by atoms with Crippen LogP contribution >= 0.6 is 23.2 Å². The summed E-state index contributed by atoms with van der Waals surface area (Å²) >= 11 is 11.7. The Morgan fingerprint density at radius 2 is 1.90 bits per heavy atom. The van der Waals surface area contributed by atoms with Crippen molar-refractivity contribution in [3.8, 4) is 0 Å². The molecule has 20 heavy (non-hydrogen) atoms. The van der Waals surface area contributed by atoms with E-state index >= 15 is 0 Å². The number of hydrogen-bond donors (Lipinski definition) is 2. The van der Waals surface area contributed by atoms with E-state index in [0.717, 1.165) is 4.31 Å². The van der Waals surface area contributed by atoms with E-state index in [0.29, 0.717) is 5.02 Å². The molecule has 0 saturated carbocycles. The van der Waals surface area contributed by atoms with Gasteiger partial charge >= 0.3 is 0 Å². The van der Waals surface area contributed by atoms with Gasteiger partial charge in [0.2, 0.25) is 0 Å². The molecule has 1 amide bonds. The lowest BCUT2D eigenvalue weighted by Gasteiger charge is -2.12. The van der Waals surface area contributed by atoms with Crippen molar-refractivity contribution in [3.05, 3.63) is 33.8 Å². The predicted octanol–water partition coefficient (Wildman–Crippen LogP) is 1.12. The summed E-state index contributed by atoms with van der Waals surface area (Å²) in [7, 11) is -0.672. The number of carbonyl (C=O) groups excluding carboxylic acids is 1. The lowest BCUT2D eigenvalue weighted by Crippen LogP contribution is -2.40. The minimum Gasteiger partial charge on any atom is -0.351 e. The Morgan fingerprint density at radius 1 is 1.25 bits per heavy atom. The summed E-state index contributed by atoms with van der Waals surface area (Å²) in [5.41, 5.74) is 0.245. The Balaban J connectivity index is 2.51. The molecule has 0 aromatic heterocycles. The van der Waals surface area contributed by atoms with Crippen molar-refractivity contribution in [2.45, 2.75) is 0 Å². The van der Waals surface area contributed by atoms with E-state index < -0.39 is 16.1 Å². The number of carbonyl (C=O) groups is 1. The van der Waals surface area contributed by atoms with E-state index in [1.54, 1.807) is 6.07 Å². The molecule has 112 valence electrons. The molecule has 1 rings (SSSR count). The molecule has 0 aliphatic rings. The highest BCUT2D eigenvalue weighted by Gasteiger charge is 2.13. The Bertz CT molecular complexity index is 591. The van der Waals surface area contributed by atoms with Gasteiger partial charge in [0, 0.05) is 32.2 Å². The molecule has 0 bridgehead atoms. The van der Waals surface area contributed by atoms with Crippen molar-refractivity contribution in [3.63, 3.8) is 0 Å². The topological polar surface area (TPSA) is 78.5 Å². The molecule has 6 nitrogen and oxygen atoms in total. The third-order valence-electron chi connectivity index (χ3n) is 2.35. The van der Waals surface area contributed by atoms with Crippen LogP contribution in [0, 0.1) is 0 Å². The summed E-state index contributed by atoms with van der Waals surface area (Å²) < 4.78 is 26.2. The second kappa shape index (κ2) is 7.24. The van der Waals surface area contributed by atoms with Crippen LogP contribution in [0.2, 0.25) is 10.0 Å². The van der Waals surface area contributed by atoms with Crippen molar-refractivity contribution in [1.29, 1.82) is 0 Å². The first-order chi connectivity index (χ1) is 9.24. The highest BCUT2D eigenvalue weighted by atomic mass is 35.5. The summed E-state index contributed by atoms with van der Waals surface area (Å²) in [6.07, 6.45) is 0.